The molecule has 0 saturated carbocycles. The molecule has 0 saturated heterocycles. The fourth-order valence-corrected chi connectivity index (χ4v) is 4.76. The predicted octanol–water partition coefficient (Wildman–Crippen LogP) is 5.23. The van der Waals surface area contributed by atoms with Gasteiger partial charge < -0.3 is 5.32 Å². The summed E-state index contributed by atoms with van der Waals surface area (Å²) in [4.78, 5) is 13.7. The van der Waals surface area contributed by atoms with Crippen LogP contribution < -0.4 is 5.32 Å². The zero-order valence-electron chi connectivity index (χ0n) is 15.9. The molecule has 3 rings (SSSR count). The summed E-state index contributed by atoms with van der Waals surface area (Å²) in [7, 11) is -3.43. The fourth-order valence-electron chi connectivity index (χ4n) is 2.50. The summed E-state index contributed by atoms with van der Waals surface area (Å²) in [6.45, 7) is 0. The van der Waals surface area contributed by atoms with Gasteiger partial charge in [0.2, 0.25) is 0 Å². The molecule has 11 heteroatoms. The van der Waals surface area contributed by atoms with Crippen LogP contribution in [0.4, 0.5) is 13.2 Å². The molecule has 0 atom stereocenters. The van der Waals surface area contributed by atoms with Crippen LogP contribution in [0.3, 0.4) is 0 Å². The Morgan fingerprint density at radius 1 is 1.10 bits per heavy atom. The van der Waals surface area contributed by atoms with Gasteiger partial charge in [-0.25, -0.2) is 8.42 Å². The predicted molar refractivity (Wildman–Crippen MR) is 116 cm³/mol. The highest BCUT2D eigenvalue weighted by Crippen LogP contribution is 2.33. The van der Waals surface area contributed by atoms with Gasteiger partial charge in [-0.05, 0) is 47.4 Å². The highest BCUT2D eigenvalue weighted by Gasteiger charge is 2.33. The Balaban J connectivity index is 1.99. The number of hydrogen-bond donors (Lipinski definition) is 2. The third kappa shape index (κ3) is 5.69. The second-order valence-electron chi connectivity index (χ2n) is 6.36. The Morgan fingerprint density at radius 2 is 1.84 bits per heavy atom. The van der Waals surface area contributed by atoms with Crippen molar-refractivity contribution in [2.24, 2.45) is 0 Å². The lowest BCUT2D eigenvalue weighted by Gasteiger charge is -2.10. The summed E-state index contributed by atoms with van der Waals surface area (Å²) in [5.74, 6) is -0.592. The van der Waals surface area contributed by atoms with Crippen molar-refractivity contribution in [3.63, 3.8) is 0 Å². The van der Waals surface area contributed by atoms with Crippen LogP contribution >= 0.6 is 22.7 Å². The van der Waals surface area contributed by atoms with Crippen molar-refractivity contribution in [3.05, 3.63) is 69.7 Å². The Kier molecular flexibility index (Phi) is 6.48. The monoisotopic (exact) mass is 484 g/mol. The number of halogens is 3. The van der Waals surface area contributed by atoms with Crippen LogP contribution in [0.1, 0.15) is 14.5 Å². The van der Waals surface area contributed by atoms with Crippen molar-refractivity contribution in [3.8, 4) is 10.4 Å². The summed E-state index contributed by atoms with van der Waals surface area (Å²) < 4.78 is 62.4. The SMILES string of the molecule is CS(=O)(=O)c1cccc(-c2ccc(/C(=C/C(=N)C(F)(F)F)NC(=O)c3cccs3)s2)c1. The molecule has 1 amide bonds. The number of nitrogens with one attached hydrogen (secondary N) is 2. The van der Waals surface area contributed by atoms with Crippen LogP contribution in [-0.4, -0.2) is 32.5 Å². The number of amides is 1. The van der Waals surface area contributed by atoms with Gasteiger partial charge in [0.1, 0.15) is 5.71 Å². The van der Waals surface area contributed by atoms with Gasteiger partial charge in [-0.1, -0.05) is 18.2 Å². The van der Waals surface area contributed by atoms with Crippen LogP contribution in [0.5, 0.6) is 0 Å². The molecule has 0 radical (unpaired) electrons. The van der Waals surface area contributed by atoms with E-state index in [4.69, 9.17) is 5.41 Å². The summed E-state index contributed by atoms with van der Waals surface area (Å²) in [6, 6.07) is 12.5. The maximum atomic E-state index is 12.9. The van der Waals surface area contributed by atoms with E-state index in [1.807, 2.05) is 0 Å². The summed E-state index contributed by atoms with van der Waals surface area (Å²) in [5.41, 5.74) is -1.21. The lowest BCUT2D eigenvalue weighted by Crippen LogP contribution is -2.25. The highest BCUT2D eigenvalue weighted by atomic mass is 32.2. The molecule has 0 aliphatic rings. The Bertz CT molecular complexity index is 1260. The van der Waals surface area contributed by atoms with E-state index in [1.165, 1.54) is 24.3 Å². The van der Waals surface area contributed by atoms with Gasteiger partial charge in [0, 0.05) is 11.1 Å². The molecule has 0 spiro atoms. The van der Waals surface area contributed by atoms with Crippen LogP contribution in [0.25, 0.3) is 16.1 Å². The van der Waals surface area contributed by atoms with Crippen molar-refractivity contribution >= 4 is 49.8 Å². The van der Waals surface area contributed by atoms with Crippen molar-refractivity contribution in [2.75, 3.05) is 6.26 Å². The first-order valence-corrected chi connectivity index (χ1v) is 12.2. The number of hydrogen-bond acceptors (Lipinski definition) is 6. The standard InChI is InChI=1S/C20H15F3N2O3S3/c1-31(27,28)13-5-2-4-12(10-13)15-7-8-16(30-15)14(11-18(24)20(21,22)23)25-19(26)17-6-3-9-29-17/h2-11,24H,1H3,(H,25,26)/b14-11-,24-18?. The first kappa shape index (κ1) is 22.9. The highest BCUT2D eigenvalue weighted by molar-refractivity contribution is 7.90. The van der Waals surface area contributed by atoms with E-state index in [0.29, 0.717) is 26.3 Å². The molecule has 0 unspecified atom stereocenters. The van der Waals surface area contributed by atoms with Crippen LogP contribution in [0.2, 0.25) is 0 Å². The van der Waals surface area contributed by atoms with Gasteiger partial charge in [-0.2, -0.15) is 13.2 Å². The summed E-state index contributed by atoms with van der Waals surface area (Å²) >= 11 is 2.20. The smallest absolute Gasteiger partial charge is 0.320 e. The van der Waals surface area contributed by atoms with Crippen molar-refractivity contribution in [1.29, 1.82) is 5.41 Å². The third-order valence-corrected chi connectivity index (χ3v) is 7.15. The third-order valence-electron chi connectivity index (χ3n) is 4.01. The number of alkyl halides is 3. The number of carbonyl (C=O) groups excluding carboxylic acids is 1. The number of rotatable bonds is 6. The zero-order valence-corrected chi connectivity index (χ0v) is 18.3. The summed E-state index contributed by atoms with van der Waals surface area (Å²) in [5, 5.41) is 11.4. The average molecular weight is 485 g/mol. The van der Waals surface area contributed by atoms with E-state index < -0.39 is 27.6 Å². The minimum atomic E-state index is -4.87. The van der Waals surface area contributed by atoms with Gasteiger partial charge in [0.25, 0.3) is 5.91 Å². The van der Waals surface area contributed by atoms with E-state index in [0.717, 1.165) is 28.9 Å². The zero-order chi connectivity index (χ0) is 22.8. The van der Waals surface area contributed by atoms with Gasteiger partial charge in [-0.15, -0.1) is 22.7 Å². The molecule has 31 heavy (non-hydrogen) atoms. The number of benzene rings is 1. The van der Waals surface area contributed by atoms with Gasteiger partial charge >= 0.3 is 6.18 Å². The van der Waals surface area contributed by atoms with Crippen LogP contribution in [0, 0.1) is 5.41 Å². The number of allylic oxidation sites excluding steroid dienone is 1. The molecule has 2 heterocycles. The quantitative estimate of drug-likeness (QED) is 0.470. The van der Waals surface area contributed by atoms with E-state index in [9.17, 15) is 26.4 Å². The molecule has 2 N–H and O–H groups in total. The molecule has 162 valence electrons. The molecule has 1 aromatic carbocycles. The van der Waals surface area contributed by atoms with Crippen LogP contribution in [-0.2, 0) is 9.84 Å². The van der Waals surface area contributed by atoms with Gasteiger partial charge in [-0.3, -0.25) is 10.2 Å². The molecule has 0 fully saturated rings. The van der Waals surface area contributed by atoms with E-state index in [2.05, 4.69) is 5.32 Å². The van der Waals surface area contributed by atoms with E-state index in [1.54, 1.807) is 29.6 Å². The number of sulfone groups is 1. The van der Waals surface area contributed by atoms with Crippen LogP contribution in [0.15, 0.2) is 64.9 Å². The average Bonchev–Trinajstić information content (AvgIpc) is 3.38. The van der Waals surface area contributed by atoms with Gasteiger partial charge in [0.15, 0.2) is 9.84 Å². The van der Waals surface area contributed by atoms with E-state index in [-0.39, 0.29) is 10.6 Å². The van der Waals surface area contributed by atoms with Crippen molar-refractivity contribution in [2.45, 2.75) is 11.1 Å². The van der Waals surface area contributed by atoms with E-state index >= 15 is 0 Å². The molecular formula is C20H15F3N2O3S3. The normalized spacial score (nSPS) is 12.6. The molecule has 0 aliphatic carbocycles. The maximum Gasteiger partial charge on any atom is 0.432 e. The lowest BCUT2D eigenvalue weighted by molar-refractivity contribution is -0.0584. The largest absolute Gasteiger partial charge is 0.432 e. The Morgan fingerprint density at radius 3 is 2.45 bits per heavy atom. The topological polar surface area (TPSA) is 87.1 Å². The second kappa shape index (κ2) is 8.77. The fraction of sp³-hybridized carbons (Fsp3) is 0.100. The minimum Gasteiger partial charge on any atom is -0.320 e. The number of thiophene rings is 2. The molecule has 3 aromatic rings. The molecule has 2 aromatic heterocycles. The Labute approximate surface area is 184 Å². The Hall–Kier alpha value is -2.76. The minimum absolute atomic E-state index is 0.112. The summed E-state index contributed by atoms with van der Waals surface area (Å²) in [6.07, 6.45) is -3.23. The lowest BCUT2D eigenvalue weighted by atomic mass is 10.2. The second-order valence-corrected chi connectivity index (χ2v) is 10.4. The van der Waals surface area contributed by atoms with Crippen molar-refractivity contribution < 1.29 is 26.4 Å². The molecule has 0 aliphatic heterocycles. The van der Waals surface area contributed by atoms with Gasteiger partial charge in [0.05, 0.1) is 20.3 Å². The molecule has 0 bridgehead atoms. The first-order valence-electron chi connectivity index (χ1n) is 8.58. The first-order chi connectivity index (χ1) is 14.4. The van der Waals surface area contributed by atoms with Crippen molar-refractivity contribution in [1.82, 2.24) is 5.32 Å². The molecule has 5 nitrogen and oxygen atoms in total. The maximum absolute atomic E-state index is 12.9. The molecular weight excluding hydrogens is 469 g/mol. The number of carbonyl (C=O) groups is 1.